The van der Waals surface area contributed by atoms with Crippen LogP contribution in [0.2, 0.25) is 0 Å². The van der Waals surface area contributed by atoms with E-state index in [2.05, 4.69) is 25.7 Å². The molecule has 1 fully saturated rings. The third kappa shape index (κ3) is 2.77. The molecule has 8 nitrogen and oxygen atoms in total. The molecule has 3 heterocycles. The molecule has 2 aromatic heterocycles. The first kappa shape index (κ1) is 14.1. The smallest absolute Gasteiger partial charge is 0.247 e. The van der Waals surface area contributed by atoms with E-state index in [1.165, 1.54) is 0 Å². The number of aliphatic hydroxyl groups excluding tert-OH is 1. The average Bonchev–Trinajstić information content (AvgIpc) is 3.09. The minimum Gasteiger partial charge on any atom is -0.393 e. The fourth-order valence-electron chi connectivity index (χ4n) is 3.11. The molecule has 1 aliphatic heterocycles. The molecule has 2 aliphatic rings. The molecule has 0 unspecified atom stereocenters. The summed E-state index contributed by atoms with van der Waals surface area (Å²) < 4.78 is 1.63. The molecule has 0 radical (unpaired) electrons. The zero-order valence-electron chi connectivity index (χ0n) is 12.6. The molecule has 1 saturated carbocycles. The lowest BCUT2D eigenvalue weighted by molar-refractivity contribution is -0.116. The van der Waals surface area contributed by atoms with E-state index in [4.69, 9.17) is 0 Å². The van der Waals surface area contributed by atoms with Gasteiger partial charge in [0.2, 0.25) is 11.9 Å². The lowest BCUT2D eigenvalue weighted by atomic mass is 9.93. The third-order valence-electron chi connectivity index (χ3n) is 4.35. The molecule has 0 saturated heterocycles. The van der Waals surface area contributed by atoms with Crippen molar-refractivity contribution >= 4 is 17.7 Å². The summed E-state index contributed by atoms with van der Waals surface area (Å²) in [5.41, 5.74) is 1.52. The number of amides is 1. The van der Waals surface area contributed by atoms with Gasteiger partial charge in [-0.05, 0) is 31.7 Å². The highest BCUT2D eigenvalue weighted by Crippen LogP contribution is 2.29. The van der Waals surface area contributed by atoms with Gasteiger partial charge in [-0.15, -0.1) is 0 Å². The summed E-state index contributed by atoms with van der Waals surface area (Å²) in [4.78, 5) is 20.3. The zero-order valence-corrected chi connectivity index (χ0v) is 12.6. The number of fused-ring (bicyclic) bond motifs is 1. The van der Waals surface area contributed by atoms with Crippen LogP contribution < -0.4 is 10.6 Å². The van der Waals surface area contributed by atoms with Crippen LogP contribution in [0.5, 0.6) is 0 Å². The van der Waals surface area contributed by atoms with Crippen molar-refractivity contribution in [3.8, 4) is 11.3 Å². The van der Waals surface area contributed by atoms with E-state index in [0.29, 0.717) is 11.8 Å². The largest absolute Gasteiger partial charge is 0.393 e. The highest BCUT2D eigenvalue weighted by Gasteiger charge is 2.24. The summed E-state index contributed by atoms with van der Waals surface area (Å²) >= 11 is 0. The highest BCUT2D eigenvalue weighted by atomic mass is 16.3. The van der Waals surface area contributed by atoms with Crippen molar-refractivity contribution in [3.05, 3.63) is 18.5 Å². The summed E-state index contributed by atoms with van der Waals surface area (Å²) in [6.07, 6.45) is 6.66. The summed E-state index contributed by atoms with van der Waals surface area (Å²) in [7, 11) is 0. The third-order valence-corrected chi connectivity index (χ3v) is 4.35. The zero-order chi connectivity index (χ0) is 15.8. The van der Waals surface area contributed by atoms with Gasteiger partial charge in [0.1, 0.15) is 12.4 Å². The monoisotopic (exact) mass is 314 g/mol. The Kier molecular flexibility index (Phi) is 3.45. The van der Waals surface area contributed by atoms with Crippen LogP contribution >= 0.6 is 0 Å². The van der Waals surface area contributed by atoms with Crippen molar-refractivity contribution in [2.75, 3.05) is 10.6 Å². The second kappa shape index (κ2) is 5.62. The Balaban J connectivity index is 1.54. The number of nitrogens with one attached hydrogen (secondary N) is 2. The van der Waals surface area contributed by atoms with E-state index in [9.17, 15) is 9.90 Å². The average molecular weight is 314 g/mol. The molecule has 8 heteroatoms. The Hall–Kier alpha value is -2.48. The molecule has 4 rings (SSSR count). The molecule has 0 spiro atoms. The predicted octanol–water partition coefficient (Wildman–Crippen LogP) is 1.01. The van der Waals surface area contributed by atoms with E-state index < -0.39 is 0 Å². The van der Waals surface area contributed by atoms with Crippen molar-refractivity contribution in [1.82, 2.24) is 19.7 Å². The van der Waals surface area contributed by atoms with E-state index >= 15 is 0 Å². The first-order chi connectivity index (χ1) is 11.2. The molecule has 0 atom stereocenters. The SMILES string of the molecule is O=C1Cn2ncc(-c3ccnc(N[C@H]4CC[C@H](O)CC4)n3)c2N1. The van der Waals surface area contributed by atoms with Gasteiger partial charge in [0.05, 0.1) is 23.6 Å². The molecule has 2 aromatic rings. The fraction of sp³-hybridized carbons (Fsp3) is 0.467. The van der Waals surface area contributed by atoms with Crippen molar-refractivity contribution < 1.29 is 9.90 Å². The maximum Gasteiger partial charge on any atom is 0.247 e. The molecular formula is C15H18N6O2. The maximum atomic E-state index is 11.5. The predicted molar refractivity (Wildman–Crippen MR) is 83.8 cm³/mol. The topological polar surface area (TPSA) is 105 Å². The number of carbonyl (C=O) groups is 1. The van der Waals surface area contributed by atoms with Gasteiger partial charge < -0.3 is 15.7 Å². The molecule has 23 heavy (non-hydrogen) atoms. The van der Waals surface area contributed by atoms with Crippen molar-refractivity contribution in [3.63, 3.8) is 0 Å². The summed E-state index contributed by atoms with van der Waals surface area (Å²) in [5, 5.41) is 19.9. The molecular weight excluding hydrogens is 296 g/mol. The number of aromatic nitrogens is 4. The summed E-state index contributed by atoms with van der Waals surface area (Å²) in [6.45, 7) is 0.246. The fourth-order valence-corrected chi connectivity index (χ4v) is 3.11. The molecule has 0 aromatic carbocycles. The second-order valence-electron chi connectivity index (χ2n) is 6.03. The van der Waals surface area contributed by atoms with Gasteiger partial charge in [0.25, 0.3) is 0 Å². The van der Waals surface area contributed by atoms with Crippen LogP contribution in [-0.4, -0.2) is 42.9 Å². The van der Waals surface area contributed by atoms with Crippen LogP contribution in [0.3, 0.4) is 0 Å². The number of nitrogens with zero attached hydrogens (tertiary/aromatic N) is 4. The number of anilines is 2. The van der Waals surface area contributed by atoms with Gasteiger partial charge >= 0.3 is 0 Å². The maximum absolute atomic E-state index is 11.5. The number of rotatable bonds is 3. The Morgan fingerprint density at radius 3 is 2.96 bits per heavy atom. The summed E-state index contributed by atoms with van der Waals surface area (Å²) in [6, 6.07) is 2.09. The first-order valence-corrected chi connectivity index (χ1v) is 7.83. The summed E-state index contributed by atoms with van der Waals surface area (Å²) in [5.74, 6) is 1.18. The van der Waals surface area contributed by atoms with Crippen LogP contribution in [0.15, 0.2) is 18.5 Å². The lowest BCUT2D eigenvalue weighted by Gasteiger charge is -2.26. The number of hydrogen-bond donors (Lipinski definition) is 3. The van der Waals surface area contributed by atoms with Crippen molar-refractivity contribution in [2.24, 2.45) is 0 Å². The van der Waals surface area contributed by atoms with Crippen molar-refractivity contribution in [2.45, 2.75) is 44.4 Å². The number of hydrogen-bond acceptors (Lipinski definition) is 6. The van der Waals surface area contributed by atoms with Crippen molar-refractivity contribution in [1.29, 1.82) is 0 Å². The first-order valence-electron chi connectivity index (χ1n) is 7.83. The molecule has 0 bridgehead atoms. The van der Waals surface area contributed by atoms with Gasteiger partial charge in [-0.3, -0.25) is 4.79 Å². The Labute approximate surface area is 132 Å². The Morgan fingerprint density at radius 2 is 2.13 bits per heavy atom. The lowest BCUT2D eigenvalue weighted by Crippen LogP contribution is -2.28. The van der Waals surface area contributed by atoms with Gasteiger partial charge in [-0.1, -0.05) is 0 Å². The van der Waals surface area contributed by atoms with E-state index in [-0.39, 0.29) is 24.6 Å². The minimum atomic E-state index is -0.182. The van der Waals surface area contributed by atoms with E-state index in [1.54, 1.807) is 23.1 Å². The minimum absolute atomic E-state index is 0.0671. The van der Waals surface area contributed by atoms with Crippen LogP contribution in [0.4, 0.5) is 11.8 Å². The van der Waals surface area contributed by atoms with Gasteiger partial charge in [-0.25, -0.2) is 14.6 Å². The Bertz CT molecular complexity index is 735. The normalized spacial score (nSPS) is 23.4. The van der Waals surface area contributed by atoms with Crippen LogP contribution in [0.25, 0.3) is 11.3 Å². The molecule has 3 N–H and O–H groups in total. The van der Waals surface area contributed by atoms with Crippen LogP contribution in [0.1, 0.15) is 25.7 Å². The number of carbonyl (C=O) groups excluding carboxylic acids is 1. The van der Waals surface area contributed by atoms with Crippen LogP contribution in [0, 0.1) is 0 Å². The van der Waals surface area contributed by atoms with Gasteiger partial charge in [-0.2, -0.15) is 5.10 Å². The quantitative estimate of drug-likeness (QED) is 0.781. The van der Waals surface area contributed by atoms with E-state index in [1.807, 2.05) is 0 Å². The van der Waals surface area contributed by atoms with E-state index in [0.717, 1.165) is 36.9 Å². The second-order valence-corrected chi connectivity index (χ2v) is 6.03. The van der Waals surface area contributed by atoms with Crippen LogP contribution in [-0.2, 0) is 11.3 Å². The Morgan fingerprint density at radius 1 is 1.30 bits per heavy atom. The van der Waals surface area contributed by atoms with Gasteiger partial charge in [0, 0.05) is 12.2 Å². The number of aliphatic hydroxyl groups is 1. The standard InChI is InChI=1S/C15H18N6O2/c22-10-3-1-9(2-4-10)18-15-16-6-5-12(19-15)11-7-17-21-8-13(23)20-14(11)21/h5-7,9-10,22H,1-4,8H2,(H,20,23)(H,16,18,19)/t9-,10-. The van der Waals surface area contributed by atoms with Gasteiger partial charge in [0.15, 0.2) is 0 Å². The highest BCUT2D eigenvalue weighted by molar-refractivity contribution is 5.97. The molecule has 1 aliphatic carbocycles. The molecule has 120 valence electrons. The molecule has 1 amide bonds.